The van der Waals surface area contributed by atoms with Crippen molar-refractivity contribution < 1.29 is 9.90 Å². The monoisotopic (exact) mass is 203 g/mol. The van der Waals surface area contributed by atoms with Crippen molar-refractivity contribution in [3.63, 3.8) is 0 Å². The van der Waals surface area contributed by atoms with Gasteiger partial charge < -0.3 is 5.11 Å². The summed E-state index contributed by atoms with van der Waals surface area (Å²) in [5.74, 6) is 0.304. The zero-order valence-corrected chi connectivity index (χ0v) is 8.85. The zero-order chi connectivity index (χ0) is 10.1. The Balaban J connectivity index is 3.65. The lowest BCUT2D eigenvalue weighted by molar-refractivity contribution is -0.138. The second-order valence-corrected chi connectivity index (χ2v) is 3.75. The minimum absolute atomic E-state index is 0.112. The summed E-state index contributed by atoms with van der Waals surface area (Å²) in [6.45, 7) is 5.19. The van der Waals surface area contributed by atoms with Gasteiger partial charge in [0.25, 0.3) is 0 Å². The SMILES string of the molecule is C=CCN(CCCSC)CC(=O)O. The first-order valence-electron chi connectivity index (χ1n) is 4.24. The largest absolute Gasteiger partial charge is 0.480 e. The van der Waals surface area contributed by atoms with Gasteiger partial charge in [0.2, 0.25) is 0 Å². The van der Waals surface area contributed by atoms with E-state index in [4.69, 9.17) is 5.11 Å². The van der Waals surface area contributed by atoms with Gasteiger partial charge in [-0.1, -0.05) is 6.08 Å². The van der Waals surface area contributed by atoms with Crippen LogP contribution in [0.2, 0.25) is 0 Å². The summed E-state index contributed by atoms with van der Waals surface area (Å²) in [5.41, 5.74) is 0. The third-order valence-corrected chi connectivity index (χ3v) is 2.27. The third kappa shape index (κ3) is 7.87. The minimum Gasteiger partial charge on any atom is -0.480 e. The Morgan fingerprint density at radius 2 is 2.38 bits per heavy atom. The predicted molar refractivity (Wildman–Crippen MR) is 57.3 cm³/mol. The standard InChI is InChI=1S/C9H17NO2S/c1-3-5-10(8-9(11)12)6-4-7-13-2/h3H,1,4-8H2,2H3,(H,11,12). The van der Waals surface area contributed by atoms with Crippen molar-refractivity contribution in [2.24, 2.45) is 0 Å². The molecule has 0 spiro atoms. The molecule has 3 nitrogen and oxygen atoms in total. The quantitative estimate of drug-likeness (QED) is 0.477. The van der Waals surface area contributed by atoms with Gasteiger partial charge in [-0.25, -0.2) is 0 Å². The number of aliphatic carboxylic acids is 1. The summed E-state index contributed by atoms with van der Waals surface area (Å²) in [6, 6.07) is 0. The van der Waals surface area contributed by atoms with Crippen molar-refractivity contribution in [3.05, 3.63) is 12.7 Å². The molecule has 0 saturated carbocycles. The first kappa shape index (κ1) is 12.5. The summed E-state index contributed by atoms with van der Waals surface area (Å²) in [6.07, 6.45) is 4.82. The normalized spacial score (nSPS) is 10.3. The molecule has 0 fully saturated rings. The predicted octanol–water partition coefficient (Wildman–Crippen LogP) is 1.31. The Labute approximate surface area is 83.8 Å². The average molecular weight is 203 g/mol. The molecule has 0 aromatic rings. The van der Waals surface area contributed by atoms with Crippen LogP contribution >= 0.6 is 11.8 Å². The van der Waals surface area contributed by atoms with E-state index in [1.807, 2.05) is 4.90 Å². The van der Waals surface area contributed by atoms with E-state index in [-0.39, 0.29) is 6.54 Å². The number of nitrogens with zero attached hydrogens (tertiary/aromatic N) is 1. The Morgan fingerprint density at radius 1 is 1.69 bits per heavy atom. The van der Waals surface area contributed by atoms with Gasteiger partial charge in [0, 0.05) is 6.54 Å². The Bertz CT molecular complexity index is 162. The first-order chi connectivity index (χ1) is 6.20. The number of thioether (sulfide) groups is 1. The highest BCUT2D eigenvalue weighted by Gasteiger charge is 2.06. The van der Waals surface area contributed by atoms with Crippen molar-refractivity contribution in [2.75, 3.05) is 31.6 Å². The molecular weight excluding hydrogens is 186 g/mol. The van der Waals surface area contributed by atoms with Gasteiger partial charge in [-0.2, -0.15) is 11.8 Å². The highest BCUT2D eigenvalue weighted by Crippen LogP contribution is 1.98. The van der Waals surface area contributed by atoms with E-state index < -0.39 is 5.97 Å². The molecule has 13 heavy (non-hydrogen) atoms. The maximum Gasteiger partial charge on any atom is 0.317 e. The van der Waals surface area contributed by atoms with Crippen LogP contribution in [0.15, 0.2) is 12.7 Å². The zero-order valence-electron chi connectivity index (χ0n) is 8.03. The van der Waals surface area contributed by atoms with Crippen molar-refractivity contribution in [3.8, 4) is 0 Å². The van der Waals surface area contributed by atoms with Crippen LogP contribution in [0.5, 0.6) is 0 Å². The number of rotatable bonds is 8. The van der Waals surface area contributed by atoms with Crippen LogP contribution in [0, 0.1) is 0 Å². The maximum atomic E-state index is 10.4. The molecule has 0 aliphatic heterocycles. The van der Waals surface area contributed by atoms with E-state index in [9.17, 15) is 4.79 Å². The van der Waals surface area contributed by atoms with Gasteiger partial charge in [0.1, 0.15) is 0 Å². The van der Waals surface area contributed by atoms with Gasteiger partial charge in [-0.15, -0.1) is 6.58 Å². The second-order valence-electron chi connectivity index (χ2n) is 2.76. The number of carboxylic acid groups (broad SMARTS) is 1. The number of hydrogen-bond acceptors (Lipinski definition) is 3. The van der Waals surface area contributed by atoms with Crippen molar-refractivity contribution >= 4 is 17.7 Å². The van der Waals surface area contributed by atoms with Crippen LogP contribution in [-0.2, 0) is 4.79 Å². The van der Waals surface area contributed by atoms with Crippen LogP contribution in [0.25, 0.3) is 0 Å². The van der Waals surface area contributed by atoms with Gasteiger partial charge in [0.15, 0.2) is 0 Å². The molecule has 0 radical (unpaired) electrons. The van der Waals surface area contributed by atoms with E-state index in [0.29, 0.717) is 6.54 Å². The van der Waals surface area contributed by atoms with Gasteiger partial charge in [0.05, 0.1) is 6.54 Å². The molecule has 1 N–H and O–H groups in total. The van der Waals surface area contributed by atoms with Crippen LogP contribution in [0.4, 0.5) is 0 Å². The fraction of sp³-hybridized carbons (Fsp3) is 0.667. The highest BCUT2D eigenvalue weighted by atomic mass is 32.2. The summed E-state index contributed by atoms with van der Waals surface area (Å²) in [5, 5.41) is 8.59. The fourth-order valence-corrected chi connectivity index (χ4v) is 1.46. The number of carboxylic acids is 1. The van der Waals surface area contributed by atoms with Crippen molar-refractivity contribution in [2.45, 2.75) is 6.42 Å². The molecule has 4 heteroatoms. The van der Waals surface area contributed by atoms with Gasteiger partial charge in [-0.3, -0.25) is 9.69 Å². The third-order valence-electron chi connectivity index (χ3n) is 1.57. The summed E-state index contributed by atoms with van der Waals surface area (Å²) < 4.78 is 0. The molecule has 0 aromatic carbocycles. The molecule has 0 bridgehead atoms. The van der Waals surface area contributed by atoms with E-state index in [1.54, 1.807) is 17.8 Å². The van der Waals surface area contributed by atoms with Crippen molar-refractivity contribution in [1.82, 2.24) is 4.90 Å². The Morgan fingerprint density at radius 3 is 2.85 bits per heavy atom. The number of carbonyl (C=O) groups is 1. The molecule has 0 unspecified atom stereocenters. The highest BCUT2D eigenvalue weighted by molar-refractivity contribution is 7.98. The summed E-state index contributed by atoms with van der Waals surface area (Å²) >= 11 is 1.78. The molecule has 0 aromatic heterocycles. The number of hydrogen-bond donors (Lipinski definition) is 1. The van der Waals surface area contributed by atoms with Crippen LogP contribution < -0.4 is 0 Å². The molecule has 0 rings (SSSR count). The fourth-order valence-electron chi connectivity index (χ4n) is 1.04. The summed E-state index contributed by atoms with van der Waals surface area (Å²) in [7, 11) is 0. The van der Waals surface area contributed by atoms with E-state index >= 15 is 0 Å². The lowest BCUT2D eigenvalue weighted by Crippen LogP contribution is -2.31. The molecule has 0 atom stereocenters. The maximum absolute atomic E-state index is 10.4. The molecule has 0 aliphatic rings. The lowest BCUT2D eigenvalue weighted by atomic mass is 10.4. The van der Waals surface area contributed by atoms with E-state index in [1.165, 1.54) is 0 Å². The Kier molecular flexibility index (Phi) is 7.83. The molecule has 76 valence electrons. The van der Waals surface area contributed by atoms with Crippen LogP contribution in [0.3, 0.4) is 0 Å². The molecule has 0 aliphatic carbocycles. The lowest BCUT2D eigenvalue weighted by Gasteiger charge is -2.17. The second kappa shape index (κ2) is 8.13. The first-order valence-corrected chi connectivity index (χ1v) is 5.64. The van der Waals surface area contributed by atoms with Gasteiger partial charge >= 0.3 is 5.97 Å². The van der Waals surface area contributed by atoms with Crippen molar-refractivity contribution in [1.29, 1.82) is 0 Å². The van der Waals surface area contributed by atoms with E-state index in [2.05, 4.69) is 12.8 Å². The molecule has 0 heterocycles. The molecule has 0 amide bonds. The van der Waals surface area contributed by atoms with Crippen LogP contribution in [-0.4, -0.2) is 47.6 Å². The molecular formula is C9H17NO2S. The van der Waals surface area contributed by atoms with E-state index in [0.717, 1.165) is 18.7 Å². The summed E-state index contributed by atoms with van der Waals surface area (Å²) in [4.78, 5) is 12.3. The Hall–Kier alpha value is -0.480. The molecule has 0 saturated heterocycles. The average Bonchev–Trinajstić information content (AvgIpc) is 2.04. The topological polar surface area (TPSA) is 40.5 Å². The minimum atomic E-state index is -0.772. The smallest absolute Gasteiger partial charge is 0.317 e. The van der Waals surface area contributed by atoms with Crippen LogP contribution in [0.1, 0.15) is 6.42 Å². The van der Waals surface area contributed by atoms with Gasteiger partial charge in [-0.05, 0) is 25.0 Å².